The van der Waals surface area contributed by atoms with E-state index in [1.54, 1.807) is 30.7 Å². The molecule has 0 aliphatic rings. The molecule has 110 valence electrons. The monoisotopic (exact) mass is 306 g/mol. The van der Waals surface area contributed by atoms with Gasteiger partial charge in [0.1, 0.15) is 6.61 Å². The van der Waals surface area contributed by atoms with Crippen molar-refractivity contribution in [3.63, 3.8) is 0 Å². The van der Waals surface area contributed by atoms with Crippen LogP contribution in [0.4, 0.5) is 0 Å². The largest absolute Gasteiger partial charge is 0.462 e. The van der Waals surface area contributed by atoms with E-state index in [0.29, 0.717) is 41.4 Å². The molecule has 0 bridgehead atoms. The predicted molar refractivity (Wildman–Crippen MR) is 77.5 cm³/mol. The Hall–Kier alpha value is -2.22. The zero-order valence-electron chi connectivity index (χ0n) is 11.4. The lowest BCUT2D eigenvalue weighted by molar-refractivity contribution is 0.304. The fraction of sp³-hybridized carbons (Fsp3) is 0.308. The van der Waals surface area contributed by atoms with E-state index in [-0.39, 0.29) is 0 Å². The number of aromatic nitrogens is 4. The maximum atomic E-state index is 11.4. The van der Waals surface area contributed by atoms with E-state index in [1.165, 1.54) is 4.52 Å². The lowest BCUT2D eigenvalue weighted by Crippen LogP contribution is -2.13. The van der Waals surface area contributed by atoms with Crippen LogP contribution in [0.15, 0.2) is 35.1 Å². The highest BCUT2D eigenvalue weighted by atomic mass is 32.2. The number of fused-ring (bicyclic) bond motifs is 1. The SMILES string of the molecule is CCS(=O)CCOc1nc(-c2ccco2)nc2ccnn12. The third kappa shape index (κ3) is 2.94. The van der Waals surface area contributed by atoms with Crippen molar-refractivity contribution in [3.05, 3.63) is 30.7 Å². The smallest absolute Gasteiger partial charge is 0.321 e. The summed E-state index contributed by atoms with van der Waals surface area (Å²) >= 11 is 0. The Morgan fingerprint density at radius 3 is 3.05 bits per heavy atom. The highest BCUT2D eigenvalue weighted by Crippen LogP contribution is 2.19. The van der Waals surface area contributed by atoms with Crippen LogP contribution in [0.1, 0.15) is 6.92 Å². The molecule has 3 aromatic heterocycles. The molecule has 1 atom stereocenters. The van der Waals surface area contributed by atoms with Gasteiger partial charge in [-0.3, -0.25) is 4.21 Å². The molecule has 0 aliphatic carbocycles. The fourth-order valence-electron chi connectivity index (χ4n) is 1.78. The summed E-state index contributed by atoms with van der Waals surface area (Å²) in [4.78, 5) is 8.67. The summed E-state index contributed by atoms with van der Waals surface area (Å²) in [7, 11) is -0.876. The van der Waals surface area contributed by atoms with Gasteiger partial charge < -0.3 is 9.15 Å². The molecule has 0 amide bonds. The van der Waals surface area contributed by atoms with E-state index in [2.05, 4.69) is 15.1 Å². The summed E-state index contributed by atoms with van der Waals surface area (Å²) in [6, 6.07) is 5.61. The van der Waals surface area contributed by atoms with Gasteiger partial charge in [0.15, 0.2) is 11.4 Å². The number of ether oxygens (including phenoxy) is 1. The van der Waals surface area contributed by atoms with E-state index in [4.69, 9.17) is 9.15 Å². The topological polar surface area (TPSA) is 82.5 Å². The minimum absolute atomic E-state index is 0.310. The summed E-state index contributed by atoms with van der Waals surface area (Å²) in [5.41, 5.74) is 0.614. The summed E-state index contributed by atoms with van der Waals surface area (Å²) in [6.07, 6.45) is 3.18. The van der Waals surface area contributed by atoms with Gasteiger partial charge in [-0.25, -0.2) is 4.98 Å². The van der Waals surface area contributed by atoms with Crippen molar-refractivity contribution >= 4 is 16.4 Å². The highest BCUT2D eigenvalue weighted by Gasteiger charge is 2.13. The molecule has 0 N–H and O–H groups in total. The lowest BCUT2D eigenvalue weighted by Gasteiger charge is -2.07. The van der Waals surface area contributed by atoms with E-state index in [1.807, 2.05) is 6.92 Å². The van der Waals surface area contributed by atoms with Gasteiger partial charge in [-0.05, 0) is 12.1 Å². The summed E-state index contributed by atoms with van der Waals surface area (Å²) in [6.45, 7) is 2.19. The van der Waals surface area contributed by atoms with Crippen molar-refractivity contribution < 1.29 is 13.4 Å². The number of nitrogens with zero attached hydrogens (tertiary/aromatic N) is 4. The minimum Gasteiger partial charge on any atom is -0.462 e. The molecule has 3 rings (SSSR count). The average Bonchev–Trinajstić information content (AvgIpc) is 3.17. The van der Waals surface area contributed by atoms with Crippen LogP contribution in [0.2, 0.25) is 0 Å². The second kappa shape index (κ2) is 6.04. The standard InChI is InChI=1S/C13H14N4O3S/c1-2-21(18)9-8-20-13-16-12(10-4-3-7-19-10)15-11-5-6-14-17(11)13/h3-7H,2,8-9H2,1H3. The van der Waals surface area contributed by atoms with E-state index in [9.17, 15) is 4.21 Å². The molecule has 0 saturated heterocycles. The molecular weight excluding hydrogens is 292 g/mol. The first kappa shape index (κ1) is 13.7. The maximum Gasteiger partial charge on any atom is 0.321 e. The first-order chi connectivity index (χ1) is 10.3. The van der Waals surface area contributed by atoms with Crippen LogP contribution in [0.3, 0.4) is 0 Å². The van der Waals surface area contributed by atoms with E-state index < -0.39 is 10.8 Å². The fourth-order valence-corrected chi connectivity index (χ4v) is 2.34. The first-order valence-electron chi connectivity index (χ1n) is 6.51. The number of hydrogen-bond acceptors (Lipinski definition) is 6. The Bertz CT molecular complexity index is 754. The molecule has 0 saturated carbocycles. The number of furan rings is 1. The van der Waals surface area contributed by atoms with Crippen LogP contribution in [0, 0.1) is 0 Å². The first-order valence-corrected chi connectivity index (χ1v) is 8.00. The van der Waals surface area contributed by atoms with Gasteiger partial charge in [0, 0.05) is 22.6 Å². The third-order valence-corrected chi connectivity index (χ3v) is 4.10. The lowest BCUT2D eigenvalue weighted by atomic mass is 10.4. The molecule has 0 aliphatic heterocycles. The van der Waals surface area contributed by atoms with Crippen LogP contribution in [0.5, 0.6) is 6.01 Å². The molecule has 7 nitrogen and oxygen atoms in total. The maximum absolute atomic E-state index is 11.4. The van der Waals surface area contributed by atoms with Gasteiger partial charge in [0.2, 0.25) is 5.82 Å². The van der Waals surface area contributed by atoms with Crippen molar-refractivity contribution in [1.29, 1.82) is 0 Å². The summed E-state index contributed by atoms with van der Waals surface area (Å²) in [5, 5.41) is 4.12. The summed E-state index contributed by atoms with van der Waals surface area (Å²) < 4.78 is 23.8. The number of rotatable bonds is 6. The van der Waals surface area contributed by atoms with Gasteiger partial charge in [0.05, 0.1) is 18.2 Å². The van der Waals surface area contributed by atoms with Crippen molar-refractivity contribution in [2.24, 2.45) is 0 Å². The Kier molecular flexibility index (Phi) is 3.96. The molecule has 21 heavy (non-hydrogen) atoms. The average molecular weight is 306 g/mol. The van der Waals surface area contributed by atoms with Gasteiger partial charge in [-0.2, -0.15) is 14.6 Å². The molecule has 0 radical (unpaired) electrons. The summed E-state index contributed by atoms with van der Waals surface area (Å²) in [5.74, 6) is 2.06. The molecule has 0 aromatic carbocycles. The van der Waals surface area contributed by atoms with Crippen LogP contribution in [-0.4, -0.2) is 41.9 Å². The number of hydrogen-bond donors (Lipinski definition) is 0. The third-order valence-electron chi connectivity index (χ3n) is 2.83. The van der Waals surface area contributed by atoms with Crippen molar-refractivity contribution in [2.75, 3.05) is 18.1 Å². The Morgan fingerprint density at radius 1 is 1.38 bits per heavy atom. The van der Waals surface area contributed by atoms with E-state index in [0.717, 1.165) is 0 Å². The Morgan fingerprint density at radius 2 is 2.29 bits per heavy atom. The normalized spacial score (nSPS) is 12.6. The van der Waals surface area contributed by atoms with Gasteiger partial charge >= 0.3 is 6.01 Å². The van der Waals surface area contributed by atoms with E-state index >= 15 is 0 Å². The molecule has 3 aromatic rings. The second-order valence-corrected chi connectivity index (χ2v) is 6.05. The van der Waals surface area contributed by atoms with Gasteiger partial charge in [-0.1, -0.05) is 6.92 Å². The van der Waals surface area contributed by atoms with Crippen molar-refractivity contribution in [1.82, 2.24) is 19.6 Å². The van der Waals surface area contributed by atoms with Gasteiger partial charge in [-0.15, -0.1) is 0 Å². The van der Waals surface area contributed by atoms with Crippen molar-refractivity contribution in [2.45, 2.75) is 6.92 Å². The molecule has 8 heteroatoms. The van der Waals surface area contributed by atoms with Gasteiger partial charge in [0.25, 0.3) is 0 Å². The van der Waals surface area contributed by atoms with Crippen LogP contribution < -0.4 is 4.74 Å². The molecule has 3 heterocycles. The molecule has 0 fully saturated rings. The van der Waals surface area contributed by atoms with Crippen LogP contribution in [-0.2, 0) is 10.8 Å². The molecular formula is C13H14N4O3S. The van der Waals surface area contributed by atoms with Crippen molar-refractivity contribution in [3.8, 4) is 17.6 Å². The Labute approximate surface area is 123 Å². The van der Waals surface area contributed by atoms with Crippen LogP contribution in [0.25, 0.3) is 17.2 Å². The molecule has 0 spiro atoms. The second-order valence-electron chi connectivity index (χ2n) is 4.19. The highest BCUT2D eigenvalue weighted by molar-refractivity contribution is 7.84. The molecule has 1 unspecified atom stereocenters. The quantitative estimate of drug-likeness (QED) is 0.687. The Balaban J connectivity index is 1.89. The predicted octanol–water partition coefficient (Wildman–Crippen LogP) is 1.53. The minimum atomic E-state index is -0.876. The zero-order chi connectivity index (χ0) is 14.7. The van der Waals surface area contributed by atoms with Crippen LogP contribution >= 0.6 is 0 Å². The zero-order valence-corrected chi connectivity index (χ0v) is 12.2.